The van der Waals surface area contributed by atoms with Gasteiger partial charge in [-0.2, -0.15) is 0 Å². The molecule has 0 saturated heterocycles. The van der Waals surface area contributed by atoms with Gasteiger partial charge in [0.1, 0.15) is 18.0 Å². The number of amides is 2. The molecule has 0 aliphatic rings. The van der Waals surface area contributed by atoms with E-state index < -0.39 is 5.91 Å². The van der Waals surface area contributed by atoms with Gasteiger partial charge < -0.3 is 25.8 Å². The van der Waals surface area contributed by atoms with E-state index in [0.29, 0.717) is 18.0 Å². The highest BCUT2D eigenvalue weighted by Crippen LogP contribution is 2.23. The molecule has 0 spiro atoms. The molecule has 0 aliphatic carbocycles. The highest BCUT2D eigenvalue weighted by atomic mass is 16.5. The van der Waals surface area contributed by atoms with Crippen molar-refractivity contribution >= 4 is 23.3 Å². The maximum absolute atomic E-state index is 12.4. The summed E-state index contributed by atoms with van der Waals surface area (Å²) in [5, 5.41) is 13.1. The fourth-order valence-electron chi connectivity index (χ4n) is 2.79. The van der Waals surface area contributed by atoms with Crippen LogP contribution in [-0.2, 0) is 17.9 Å². The SMILES string of the molecule is CCOc1ccccc1NC(=O)Cn1nnc(C(=O)NCc2ccc(OC)cc2)c1N. The summed E-state index contributed by atoms with van der Waals surface area (Å²) in [5.74, 6) is 0.420. The van der Waals surface area contributed by atoms with Crippen LogP contribution in [-0.4, -0.2) is 40.5 Å². The van der Waals surface area contributed by atoms with E-state index >= 15 is 0 Å². The monoisotopic (exact) mass is 424 g/mol. The second-order valence-corrected chi connectivity index (χ2v) is 6.49. The highest BCUT2D eigenvalue weighted by Gasteiger charge is 2.19. The summed E-state index contributed by atoms with van der Waals surface area (Å²) in [6.07, 6.45) is 0. The van der Waals surface area contributed by atoms with Crippen molar-refractivity contribution in [3.63, 3.8) is 0 Å². The summed E-state index contributed by atoms with van der Waals surface area (Å²) < 4.78 is 11.8. The molecule has 10 heteroatoms. The van der Waals surface area contributed by atoms with Crippen molar-refractivity contribution in [2.75, 3.05) is 24.8 Å². The number of rotatable bonds is 9. The van der Waals surface area contributed by atoms with Crippen LogP contribution in [0.2, 0.25) is 0 Å². The van der Waals surface area contributed by atoms with E-state index in [1.807, 2.05) is 25.1 Å². The highest BCUT2D eigenvalue weighted by molar-refractivity contribution is 5.97. The molecule has 0 radical (unpaired) electrons. The molecule has 4 N–H and O–H groups in total. The van der Waals surface area contributed by atoms with Gasteiger partial charge in [-0.1, -0.05) is 29.5 Å². The molecule has 0 aliphatic heterocycles. The molecule has 0 atom stereocenters. The summed E-state index contributed by atoms with van der Waals surface area (Å²) in [6.45, 7) is 2.41. The zero-order valence-electron chi connectivity index (χ0n) is 17.3. The molecular formula is C21H24N6O4. The number of nitrogens with two attached hydrogens (primary N) is 1. The first-order valence-corrected chi connectivity index (χ1v) is 9.63. The Morgan fingerprint density at radius 2 is 1.87 bits per heavy atom. The minimum Gasteiger partial charge on any atom is -0.497 e. The van der Waals surface area contributed by atoms with Gasteiger partial charge in [0.15, 0.2) is 11.5 Å². The van der Waals surface area contributed by atoms with Crippen molar-refractivity contribution < 1.29 is 19.1 Å². The molecule has 3 rings (SSSR count). The average Bonchev–Trinajstić information content (AvgIpc) is 3.14. The Hall–Kier alpha value is -4.08. The predicted molar refractivity (Wildman–Crippen MR) is 115 cm³/mol. The molecular weight excluding hydrogens is 400 g/mol. The van der Waals surface area contributed by atoms with E-state index in [4.69, 9.17) is 15.2 Å². The summed E-state index contributed by atoms with van der Waals surface area (Å²) in [6, 6.07) is 14.4. The van der Waals surface area contributed by atoms with E-state index in [0.717, 1.165) is 11.3 Å². The third-order valence-electron chi connectivity index (χ3n) is 4.35. The van der Waals surface area contributed by atoms with Crippen LogP contribution in [0.3, 0.4) is 0 Å². The number of ether oxygens (including phenoxy) is 2. The van der Waals surface area contributed by atoms with Gasteiger partial charge in [0, 0.05) is 6.54 Å². The van der Waals surface area contributed by atoms with Crippen molar-refractivity contribution in [3.05, 3.63) is 59.8 Å². The largest absolute Gasteiger partial charge is 0.497 e. The minimum atomic E-state index is -0.485. The van der Waals surface area contributed by atoms with Gasteiger partial charge in [-0.15, -0.1) is 5.10 Å². The van der Waals surface area contributed by atoms with Crippen LogP contribution in [0, 0.1) is 0 Å². The molecule has 0 saturated carbocycles. The fourth-order valence-corrected chi connectivity index (χ4v) is 2.79. The number of hydrogen-bond donors (Lipinski definition) is 3. The lowest BCUT2D eigenvalue weighted by atomic mass is 10.2. The second-order valence-electron chi connectivity index (χ2n) is 6.49. The number of nitrogens with one attached hydrogen (secondary N) is 2. The minimum absolute atomic E-state index is 0.000439. The molecule has 1 heterocycles. The van der Waals surface area contributed by atoms with Gasteiger partial charge in [0.2, 0.25) is 5.91 Å². The summed E-state index contributed by atoms with van der Waals surface area (Å²) >= 11 is 0. The van der Waals surface area contributed by atoms with E-state index in [9.17, 15) is 9.59 Å². The lowest BCUT2D eigenvalue weighted by Crippen LogP contribution is -2.25. The van der Waals surface area contributed by atoms with Crippen LogP contribution in [0.25, 0.3) is 0 Å². The molecule has 2 amide bonds. The van der Waals surface area contributed by atoms with Gasteiger partial charge in [0.25, 0.3) is 5.91 Å². The van der Waals surface area contributed by atoms with Crippen LogP contribution >= 0.6 is 0 Å². The Morgan fingerprint density at radius 1 is 1.13 bits per heavy atom. The Balaban J connectivity index is 1.60. The second kappa shape index (κ2) is 10.1. The number of nitrogen functional groups attached to an aromatic ring is 1. The zero-order valence-corrected chi connectivity index (χ0v) is 17.3. The number of nitrogens with zero attached hydrogens (tertiary/aromatic N) is 3. The number of anilines is 2. The number of carbonyl (C=O) groups is 2. The molecule has 0 fully saturated rings. The van der Waals surface area contributed by atoms with Gasteiger partial charge in [-0.25, -0.2) is 4.68 Å². The van der Waals surface area contributed by atoms with Gasteiger partial charge in [-0.3, -0.25) is 9.59 Å². The van der Waals surface area contributed by atoms with Crippen LogP contribution in [0.4, 0.5) is 11.5 Å². The van der Waals surface area contributed by atoms with Crippen molar-refractivity contribution in [2.24, 2.45) is 0 Å². The van der Waals surface area contributed by atoms with Gasteiger partial charge in [-0.05, 0) is 36.8 Å². The molecule has 1 aromatic heterocycles. The van der Waals surface area contributed by atoms with Crippen molar-refractivity contribution in [3.8, 4) is 11.5 Å². The zero-order chi connectivity index (χ0) is 22.2. The molecule has 0 bridgehead atoms. The smallest absolute Gasteiger partial charge is 0.275 e. The molecule has 2 aromatic carbocycles. The Labute approximate surface area is 179 Å². The number of methoxy groups -OCH3 is 1. The van der Waals surface area contributed by atoms with Crippen LogP contribution in [0.15, 0.2) is 48.5 Å². The molecule has 0 unspecified atom stereocenters. The molecule has 3 aromatic rings. The maximum Gasteiger partial charge on any atom is 0.275 e. The van der Waals surface area contributed by atoms with Gasteiger partial charge in [0.05, 0.1) is 19.4 Å². The van der Waals surface area contributed by atoms with Crippen LogP contribution in [0.1, 0.15) is 23.0 Å². The molecule has 162 valence electrons. The lowest BCUT2D eigenvalue weighted by molar-refractivity contribution is -0.116. The molecule has 31 heavy (non-hydrogen) atoms. The van der Waals surface area contributed by atoms with Crippen molar-refractivity contribution in [1.29, 1.82) is 0 Å². The summed E-state index contributed by atoms with van der Waals surface area (Å²) in [7, 11) is 1.58. The maximum atomic E-state index is 12.4. The first kappa shape index (κ1) is 21.6. The summed E-state index contributed by atoms with van der Waals surface area (Å²) in [4.78, 5) is 24.8. The number of aromatic nitrogens is 3. The topological polar surface area (TPSA) is 133 Å². The first-order valence-electron chi connectivity index (χ1n) is 9.63. The van der Waals surface area contributed by atoms with E-state index in [1.165, 1.54) is 4.68 Å². The van der Waals surface area contributed by atoms with E-state index in [-0.39, 0.29) is 30.5 Å². The average molecular weight is 424 g/mol. The Morgan fingerprint density at radius 3 is 2.58 bits per heavy atom. The normalized spacial score (nSPS) is 10.4. The Kier molecular flexibility index (Phi) is 7.05. The Bertz CT molecular complexity index is 1050. The standard InChI is InChI=1S/C21H24N6O4/c1-3-31-17-7-5-4-6-16(17)24-18(28)13-27-20(22)19(25-26-27)21(29)23-12-14-8-10-15(30-2)11-9-14/h4-11H,3,12-13,22H2,1-2H3,(H,23,29)(H,24,28). The van der Waals surface area contributed by atoms with Gasteiger partial charge >= 0.3 is 0 Å². The molecule has 10 nitrogen and oxygen atoms in total. The van der Waals surface area contributed by atoms with E-state index in [1.54, 1.807) is 37.4 Å². The van der Waals surface area contributed by atoms with Crippen molar-refractivity contribution in [1.82, 2.24) is 20.3 Å². The van der Waals surface area contributed by atoms with E-state index in [2.05, 4.69) is 20.9 Å². The van der Waals surface area contributed by atoms with Crippen LogP contribution in [0.5, 0.6) is 11.5 Å². The van der Waals surface area contributed by atoms with Crippen LogP contribution < -0.4 is 25.8 Å². The lowest BCUT2D eigenvalue weighted by Gasteiger charge is -2.11. The fraction of sp³-hybridized carbons (Fsp3) is 0.238. The third-order valence-corrected chi connectivity index (χ3v) is 4.35. The number of carbonyl (C=O) groups excluding carboxylic acids is 2. The van der Waals surface area contributed by atoms with Crippen molar-refractivity contribution in [2.45, 2.75) is 20.0 Å². The summed E-state index contributed by atoms with van der Waals surface area (Å²) in [5.41, 5.74) is 7.36. The third kappa shape index (κ3) is 5.50. The quantitative estimate of drug-likeness (QED) is 0.477. The number of para-hydroxylation sites is 2. The number of hydrogen-bond acceptors (Lipinski definition) is 7. The first-order chi connectivity index (χ1) is 15.0. The number of benzene rings is 2. The predicted octanol–water partition coefficient (Wildman–Crippen LogP) is 1.84.